The molecule has 1 rings (SSSR count). The molecule has 0 aromatic carbocycles. The van der Waals surface area contributed by atoms with Crippen molar-refractivity contribution < 1.29 is 0 Å². The lowest BCUT2D eigenvalue weighted by Gasteiger charge is -2.18. The molecular weight excluding hydrogens is 188 g/mol. The summed E-state index contributed by atoms with van der Waals surface area (Å²) in [4.78, 5) is 0. The molecule has 78 valence electrons. The molecule has 1 heterocycles. The van der Waals surface area contributed by atoms with Crippen molar-refractivity contribution in [1.29, 1.82) is 0 Å². The lowest BCUT2D eigenvalue weighted by Crippen LogP contribution is -2.12. The van der Waals surface area contributed by atoms with E-state index in [1.54, 1.807) is 0 Å². The van der Waals surface area contributed by atoms with Crippen LogP contribution in [0.25, 0.3) is 0 Å². The van der Waals surface area contributed by atoms with E-state index >= 15 is 0 Å². The van der Waals surface area contributed by atoms with Crippen LogP contribution in [0.3, 0.4) is 0 Å². The molecule has 1 unspecified atom stereocenters. The molecule has 0 aromatic heterocycles. The fourth-order valence-electron chi connectivity index (χ4n) is 1.77. The van der Waals surface area contributed by atoms with Gasteiger partial charge in [-0.1, -0.05) is 38.7 Å². The van der Waals surface area contributed by atoms with Crippen molar-refractivity contribution in [2.75, 3.05) is 5.75 Å². The normalized spacial score (nSPS) is 23.9. The maximum Gasteiger partial charge on any atom is 0.00460 e. The predicted molar refractivity (Wildman–Crippen MR) is 67.4 cm³/mol. The third-order valence-corrected chi connectivity index (χ3v) is 3.75. The Bertz CT molecular complexity index is 238. The Morgan fingerprint density at radius 3 is 3.07 bits per heavy atom. The second-order valence-corrected chi connectivity index (χ2v) is 4.76. The Morgan fingerprint density at radius 2 is 2.43 bits per heavy atom. The minimum atomic E-state index is 0.721. The van der Waals surface area contributed by atoms with Gasteiger partial charge in [-0.15, -0.1) is 11.8 Å². The molecule has 0 fully saturated rings. The highest BCUT2D eigenvalue weighted by Crippen LogP contribution is 2.35. The number of rotatable bonds is 5. The highest BCUT2D eigenvalue weighted by molar-refractivity contribution is 8.02. The summed E-state index contributed by atoms with van der Waals surface area (Å²) in [7, 11) is 0. The smallest absolute Gasteiger partial charge is 0.00460 e. The molecule has 0 aliphatic carbocycles. The molecule has 0 bridgehead atoms. The molecule has 0 aromatic rings. The second-order valence-electron chi connectivity index (χ2n) is 3.85. The van der Waals surface area contributed by atoms with Crippen LogP contribution in [0.15, 0.2) is 35.8 Å². The van der Waals surface area contributed by atoms with Gasteiger partial charge in [-0.05, 0) is 35.7 Å². The van der Waals surface area contributed by atoms with E-state index < -0.39 is 0 Å². The summed E-state index contributed by atoms with van der Waals surface area (Å²) in [6.45, 7) is 8.40. The first kappa shape index (κ1) is 11.6. The lowest BCUT2D eigenvalue weighted by molar-refractivity contribution is 0.462. The van der Waals surface area contributed by atoms with E-state index in [9.17, 15) is 0 Å². The van der Waals surface area contributed by atoms with Crippen LogP contribution < -0.4 is 0 Å². The molecule has 1 aliphatic rings. The van der Waals surface area contributed by atoms with E-state index in [-0.39, 0.29) is 0 Å². The average molecular weight is 208 g/mol. The summed E-state index contributed by atoms with van der Waals surface area (Å²) in [6.07, 6.45) is 8.94. The molecule has 0 saturated carbocycles. The summed E-state index contributed by atoms with van der Waals surface area (Å²) in [5.41, 5.74) is 1.44. The van der Waals surface area contributed by atoms with Crippen molar-refractivity contribution in [3.05, 3.63) is 35.8 Å². The van der Waals surface area contributed by atoms with Gasteiger partial charge in [-0.2, -0.15) is 0 Å². The molecule has 0 N–H and O–H groups in total. The molecule has 0 amide bonds. The van der Waals surface area contributed by atoms with Gasteiger partial charge in [0.25, 0.3) is 0 Å². The van der Waals surface area contributed by atoms with Crippen LogP contribution in [0.5, 0.6) is 0 Å². The first-order valence-corrected chi connectivity index (χ1v) is 6.43. The highest BCUT2D eigenvalue weighted by atomic mass is 32.2. The van der Waals surface area contributed by atoms with Gasteiger partial charge in [0.1, 0.15) is 0 Å². The van der Waals surface area contributed by atoms with Crippen LogP contribution in [-0.2, 0) is 0 Å². The number of hydrogen-bond donors (Lipinski definition) is 0. The van der Waals surface area contributed by atoms with Gasteiger partial charge in [0.05, 0.1) is 0 Å². The Morgan fingerprint density at radius 1 is 1.64 bits per heavy atom. The lowest BCUT2D eigenvalue weighted by atomic mass is 9.87. The van der Waals surface area contributed by atoms with E-state index in [0.29, 0.717) is 0 Å². The Hall–Kier alpha value is -0.430. The van der Waals surface area contributed by atoms with Crippen LogP contribution in [0.2, 0.25) is 0 Å². The first-order valence-electron chi connectivity index (χ1n) is 5.38. The molecule has 0 spiro atoms. The fourth-order valence-corrected chi connectivity index (χ4v) is 3.05. The van der Waals surface area contributed by atoms with Crippen LogP contribution in [-0.4, -0.2) is 5.75 Å². The molecular formula is C13H20S. The van der Waals surface area contributed by atoms with Crippen LogP contribution in [0.4, 0.5) is 0 Å². The molecule has 2 atom stereocenters. The minimum absolute atomic E-state index is 0.721. The van der Waals surface area contributed by atoms with Crippen molar-refractivity contribution in [2.45, 2.75) is 26.7 Å². The van der Waals surface area contributed by atoms with Crippen molar-refractivity contribution >= 4 is 11.8 Å². The summed E-state index contributed by atoms with van der Waals surface area (Å²) < 4.78 is 0. The van der Waals surface area contributed by atoms with Gasteiger partial charge in [0.15, 0.2) is 0 Å². The van der Waals surface area contributed by atoms with Gasteiger partial charge in [-0.25, -0.2) is 0 Å². The fraction of sp³-hybridized carbons (Fsp3) is 0.538. The molecule has 0 nitrogen and oxygen atoms in total. The quantitative estimate of drug-likeness (QED) is 0.603. The zero-order valence-electron chi connectivity index (χ0n) is 9.20. The van der Waals surface area contributed by atoms with Crippen molar-refractivity contribution in [3.8, 4) is 0 Å². The molecule has 0 radical (unpaired) electrons. The first-order chi connectivity index (χ1) is 6.79. The van der Waals surface area contributed by atoms with Crippen molar-refractivity contribution in [2.24, 2.45) is 11.8 Å². The monoisotopic (exact) mass is 208 g/mol. The van der Waals surface area contributed by atoms with E-state index in [0.717, 1.165) is 18.3 Å². The van der Waals surface area contributed by atoms with E-state index in [2.05, 4.69) is 38.0 Å². The van der Waals surface area contributed by atoms with Gasteiger partial charge in [0, 0.05) is 5.75 Å². The third-order valence-electron chi connectivity index (χ3n) is 2.76. The zero-order valence-corrected chi connectivity index (χ0v) is 10.0. The minimum Gasteiger partial charge on any atom is -0.133 e. The van der Waals surface area contributed by atoms with E-state index in [4.69, 9.17) is 0 Å². The molecule has 1 aliphatic heterocycles. The second kappa shape index (κ2) is 6.13. The van der Waals surface area contributed by atoms with Gasteiger partial charge >= 0.3 is 0 Å². The summed E-state index contributed by atoms with van der Waals surface area (Å²) >= 11 is 1.93. The molecule has 14 heavy (non-hydrogen) atoms. The van der Waals surface area contributed by atoms with Crippen LogP contribution in [0, 0.1) is 11.8 Å². The summed E-state index contributed by atoms with van der Waals surface area (Å²) in [6, 6.07) is 0. The van der Waals surface area contributed by atoms with Crippen molar-refractivity contribution in [1.82, 2.24) is 0 Å². The summed E-state index contributed by atoms with van der Waals surface area (Å²) in [5.74, 6) is 2.71. The van der Waals surface area contributed by atoms with Crippen molar-refractivity contribution in [3.63, 3.8) is 0 Å². The maximum absolute atomic E-state index is 3.87. The Kier molecular flexibility index (Phi) is 5.10. The topological polar surface area (TPSA) is 0 Å². The SMILES string of the molecule is C=CC1=CSCC1[C@@H](C)C/C=C\CC. The Balaban J connectivity index is 2.44. The van der Waals surface area contributed by atoms with E-state index in [1.165, 1.54) is 17.7 Å². The summed E-state index contributed by atoms with van der Waals surface area (Å²) in [5, 5.41) is 2.26. The van der Waals surface area contributed by atoms with Crippen LogP contribution >= 0.6 is 11.8 Å². The highest BCUT2D eigenvalue weighted by Gasteiger charge is 2.22. The van der Waals surface area contributed by atoms with Gasteiger partial charge in [0.2, 0.25) is 0 Å². The number of thioether (sulfide) groups is 1. The standard InChI is InChI=1S/C13H20S/c1-4-6-7-8-11(3)13-10-14-9-12(13)5-2/h5-7,9,11,13H,2,4,8,10H2,1,3H3/b7-6-/t11-,13?/m0/s1. The number of allylic oxidation sites excluding steroid dienone is 4. The van der Waals surface area contributed by atoms with E-state index in [1.807, 2.05) is 17.8 Å². The molecule has 0 saturated heterocycles. The third kappa shape index (κ3) is 3.06. The maximum atomic E-state index is 3.87. The Labute approximate surface area is 92.2 Å². The predicted octanol–water partition coefficient (Wildman–Crippen LogP) is 4.41. The van der Waals surface area contributed by atoms with Crippen LogP contribution in [0.1, 0.15) is 26.7 Å². The average Bonchev–Trinajstić information content (AvgIpc) is 2.65. The van der Waals surface area contributed by atoms with Gasteiger partial charge in [-0.3, -0.25) is 0 Å². The van der Waals surface area contributed by atoms with Gasteiger partial charge < -0.3 is 0 Å². The molecule has 1 heteroatoms. The zero-order chi connectivity index (χ0) is 10.4. The largest absolute Gasteiger partial charge is 0.133 e. The number of hydrogen-bond acceptors (Lipinski definition) is 1.